The fourth-order valence-corrected chi connectivity index (χ4v) is 3.67. The van der Waals surface area contributed by atoms with E-state index in [0.717, 1.165) is 63.2 Å². The van der Waals surface area contributed by atoms with Crippen LogP contribution in [0.25, 0.3) is 0 Å². The maximum absolute atomic E-state index is 12.1. The number of rotatable bonds is 5. The molecule has 0 unspecified atom stereocenters. The Morgan fingerprint density at radius 3 is 2.80 bits per heavy atom. The minimum atomic E-state index is 0.148. The summed E-state index contributed by atoms with van der Waals surface area (Å²) in [4.78, 5) is 14.5. The molecule has 0 spiro atoms. The van der Waals surface area contributed by atoms with Crippen molar-refractivity contribution in [2.75, 3.05) is 32.8 Å². The first-order valence-corrected chi connectivity index (χ1v) is 9.63. The first-order valence-electron chi connectivity index (χ1n) is 9.25. The van der Waals surface area contributed by atoms with Gasteiger partial charge in [-0.2, -0.15) is 0 Å². The van der Waals surface area contributed by atoms with Crippen molar-refractivity contribution in [1.82, 2.24) is 10.2 Å². The molecule has 6 heteroatoms. The van der Waals surface area contributed by atoms with Crippen LogP contribution in [-0.2, 0) is 11.3 Å². The van der Waals surface area contributed by atoms with E-state index >= 15 is 0 Å². The zero-order chi connectivity index (χ0) is 17.6. The minimum absolute atomic E-state index is 0.148. The molecule has 1 aromatic rings. The van der Waals surface area contributed by atoms with Gasteiger partial charge < -0.3 is 14.8 Å². The average Bonchev–Trinajstić information content (AvgIpc) is 2.86. The third-order valence-corrected chi connectivity index (χ3v) is 5.06. The summed E-state index contributed by atoms with van der Waals surface area (Å²) in [7, 11) is 0. The Labute approximate surface area is 154 Å². The Morgan fingerprint density at radius 2 is 2.04 bits per heavy atom. The van der Waals surface area contributed by atoms with Crippen LogP contribution < -0.4 is 14.8 Å². The van der Waals surface area contributed by atoms with E-state index in [9.17, 15) is 4.79 Å². The van der Waals surface area contributed by atoms with E-state index in [-0.39, 0.29) is 11.8 Å². The quantitative estimate of drug-likeness (QED) is 0.869. The van der Waals surface area contributed by atoms with Crippen LogP contribution in [-0.4, -0.2) is 43.7 Å². The third-order valence-electron chi connectivity index (χ3n) is 4.78. The Balaban J connectivity index is 1.56. The lowest BCUT2D eigenvalue weighted by molar-refractivity contribution is -0.126. The number of halogens is 1. The van der Waals surface area contributed by atoms with Crippen LogP contribution in [0.15, 0.2) is 12.1 Å². The number of likely N-dealkylation sites (tertiary alicyclic amines) is 1. The fourth-order valence-electron chi connectivity index (χ4n) is 3.38. The van der Waals surface area contributed by atoms with Crippen molar-refractivity contribution >= 4 is 17.5 Å². The lowest BCUT2D eigenvalue weighted by Gasteiger charge is -2.31. The lowest BCUT2D eigenvalue weighted by Crippen LogP contribution is -2.40. The highest BCUT2D eigenvalue weighted by Crippen LogP contribution is 2.38. The van der Waals surface area contributed by atoms with E-state index in [2.05, 4.69) is 17.1 Å². The molecule has 2 aliphatic heterocycles. The Morgan fingerprint density at radius 1 is 1.28 bits per heavy atom. The molecule has 1 amide bonds. The average molecular weight is 367 g/mol. The zero-order valence-electron chi connectivity index (χ0n) is 14.9. The number of nitrogens with one attached hydrogen (secondary N) is 1. The molecule has 0 aliphatic carbocycles. The molecule has 25 heavy (non-hydrogen) atoms. The van der Waals surface area contributed by atoms with Crippen molar-refractivity contribution < 1.29 is 14.3 Å². The summed E-state index contributed by atoms with van der Waals surface area (Å²) < 4.78 is 11.4. The number of hydrogen-bond acceptors (Lipinski definition) is 4. The number of piperidine rings is 1. The van der Waals surface area contributed by atoms with Gasteiger partial charge in [0.15, 0.2) is 11.5 Å². The van der Waals surface area contributed by atoms with Gasteiger partial charge in [0.1, 0.15) is 0 Å². The van der Waals surface area contributed by atoms with E-state index in [1.165, 1.54) is 0 Å². The van der Waals surface area contributed by atoms with Gasteiger partial charge in [-0.1, -0.05) is 18.5 Å². The molecule has 0 radical (unpaired) electrons. The summed E-state index contributed by atoms with van der Waals surface area (Å²) in [5.41, 5.74) is 1.13. The number of carbonyl (C=O) groups excluding carboxylic acids is 1. The van der Waals surface area contributed by atoms with Crippen molar-refractivity contribution in [2.45, 2.75) is 39.2 Å². The van der Waals surface area contributed by atoms with E-state index in [1.54, 1.807) is 0 Å². The highest BCUT2D eigenvalue weighted by atomic mass is 35.5. The van der Waals surface area contributed by atoms with Crippen molar-refractivity contribution in [3.63, 3.8) is 0 Å². The van der Waals surface area contributed by atoms with E-state index in [1.807, 2.05) is 12.1 Å². The van der Waals surface area contributed by atoms with Gasteiger partial charge in [0.2, 0.25) is 5.91 Å². The van der Waals surface area contributed by atoms with Crippen LogP contribution >= 0.6 is 11.6 Å². The van der Waals surface area contributed by atoms with Gasteiger partial charge in [0.25, 0.3) is 0 Å². The Kier molecular flexibility index (Phi) is 6.43. The monoisotopic (exact) mass is 366 g/mol. The van der Waals surface area contributed by atoms with Crippen LogP contribution in [0.1, 0.15) is 38.2 Å². The van der Waals surface area contributed by atoms with Gasteiger partial charge in [-0.25, -0.2) is 0 Å². The van der Waals surface area contributed by atoms with Crippen molar-refractivity contribution in [3.8, 4) is 11.5 Å². The smallest absolute Gasteiger partial charge is 0.223 e. The summed E-state index contributed by atoms with van der Waals surface area (Å²) in [6.07, 6.45) is 3.67. The van der Waals surface area contributed by atoms with Gasteiger partial charge in [-0.15, -0.1) is 0 Å². The second kappa shape index (κ2) is 8.77. The van der Waals surface area contributed by atoms with Gasteiger partial charge in [-0.3, -0.25) is 9.69 Å². The molecule has 2 heterocycles. The third kappa shape index (κ3) is 4.79. The number of carbonyl (C=O) groups is 1. The van der Waals surface area contributed by atoms with Crippen molar-refractivity contribution in [3.05, 3.63) is 22.7 Å². The second-order valence-corrected chi connectivity index (χ2v) is 7.20. The molecule has 1 saturated heterocycles. The van der Waals surface area contributed by atoms with Crippen LogP contribution in [0.3, 0.4) is 0 Å². The molecule has 0 saturated carbocycles. The lowest BCUT2D eigenvalue weighted by atomic mass is 9.95. The van der Waals surface area contributed by atoms with E-state index < -0.39 is 0 Å². The fraction of sp³-hybridized carbons (Fsp3) is 0.632. The highest BCUT2D eigenvalue weighted by Gasteiger charge is 2.25. The summed E-state index contributed by atoms with van der Waals surface area (Å²) in [6, 6.07) is 4.00. The minimum Gasteiger partial charge on any atom is -0.489 e. The number of amides is 1. The van der Waals surface area contributed by atoms with Gasteiger partial charge in [-0.05, 0) is 50.0 Å². The topological polar surface area (TPSA) is 50.8 Å². The molecule has 1 N–H and O–H groups in total. The molecule has 0 atom stereocenters. The molecule has 1 aromatic carbocycles. The van der Waals surface area contributed by atoms with Crippen LogP contribution in [0.4, 0.5) is 0 Å². The first-order chi connectivity index (χ1) is 12.2. The Bertz CT molecular complexity index is 601. The van der Waals surface area contributed by atoms with Gasteiger partial charge >= 0.3 is 0 Å². The molecule has 5 nitrogen and oxygen atoms in total. The second-order valence-electron chi connectivity index (χ2n) is 6.80. The molecule has 0 aromatic heterocycles. The normalized spacial score (nSPS) is 18.6. The van der Waals surface area contributed by atoms with Crippen LogP contribution in [0.5, 0.6) is 11.5 Å². The number of nitrogens with zero attached hydrogens (tertiary/aromatic N) is 1. The predicted molar refractivity (Wildman–Crippen MR) is 98.4 cm³/mol. The summed E-state index contributed by atoms with van der Waals surface area (Å²) >= 11 is 6.37. The van der Waals surface area contributed by atoms with Crippen LogP contribution in [0, 0.1) is 5.92 Å². The van der Waals surface area contributed by atoms with Crippen LogP contribution in [0.2, 0.25) is 5.02 Å². The largest absolute Gasteiger partial charge is 0.489 e. The molecule has 138 valence electrons. The van der Waals surface area contributed by atoms with Gasteiger partial charge in [0.05, 0.1) is 18.2 Å². The molecule has 0 bridgehead atoms. The molecule has 2 aliphatic rings. The predicted octanol–water partition coefficient (Wildman–Crippen LogP) is 3.24. The SMILES string of the molecule is CCCNC(=O)C1CCN(Cc2cc(Cl)c3c(c2)OCCCO3)CC1. The van der Waals surface area contributed by atoms with E-state index in [0.29, 0.717) is 24.0 Å². The summed E-state index contributed by atoms with van der Waals surface area (Å²) in [6.45, 7) is 6.81. The molecule has 3 rings (SSSR count). The summed E-state index contributed by atoms with van der Waals surface area (Å²) in [5, 5.41) is 3.62. The Hall–Kier alpha value is -1.46. The maximum Gasteiger partial charge on any atom is 0.223 e. The van der Waals surface area contributed by atoms with Crippen molar-refractivity contribution in [2.24, 2.45) is 5.92 Å². The highest BCUT2D eigenvalue weighted by molar-refractivity contribution is 6.32. The number of ether oxygens (including phenoxy) is 2. The standard InChI is InChI=1S/C19H27ClN2O3/c1-2-6-21-19(23)15-4-7-22(8-5-15)13-14-11-16(20)18-17(12-14)24-9-3-10-25-18/h11-12,15H,2-10,13H2,1H3,(H,21,23). The molecule has 1 fully saturated rings. The maximum atomic E-state index is 12.1. The molecular formula is C19H27ClN2O3. The van der Waals surface area contributed by atoms with Gasteiger partial charge in [0, 0.05) is 25.4 Å². The number of fused-ring (bicyclic) bond motifs is 1. The number of benzene rings is 1. The van der Waals surface area contributed by atoms with E-state index in [4.69, 9.17) is 21.1 Å². The first kappa shape index (κ1) is 18.3. The molecular weight excluding hydrogens is 340 g/mol. The van der Waals surface area contributed by atoms with Crippen molar-refractivity contribution in [1.29, 1.82) is 0 Å². The zero-order valence-corrected chi connectivity index (χ0v) is 15.6. The summed E-state index contributed by atoms with van der Waals surface area (Å²) in [5.74, 6) is 1.76. The number of hydrogen-bond donors (Lipinski definition) is 1.